The number of hydrogen-bond donors (Lipinski definition) is 1. The number of fused-ring (bicyclic) bond motifs is 2. The first-order valence-corrected chi connectivity index (χ1v) is 12.3. The summed E-state index contributed by atoms with van der Waals surface area (Å²) in [6.45, 7) is 0.263. The standard InChI is InChI=1S/C23H24N4O4S/c28-12-4-3-7-19-18-6-2-1-5-16(18)13-25-20(19)15-26-22-14-24-11-10-21(22)27(23(26)29)32(30,31)17-8-9-17/h1-2,5-6,10-11,13-14,17,28H,3-4,7-9,12,15H2. The largest absolute Gasteiger partial charge is 0.396 e. The van der Waals surface area contributed by atoms with Crippen molar-refractivity contribution in [1.82, 2.24) is 18.5 Å². The molecule has 5 rings (SSSR count). The molecule has 0 unspecified atom stereocenters. The Kier molecular flexibility index (Phi) is 5.30. The van der Waals surface area contributed by atoms with Crippen molar-refractivity contribution in [2.24, 2.45) is 0 Å². The molecule has 32 heavy (non-hydrogen) atoms. The number of aliphatic hydroxyl groups excluding tert-OH is 1. The molecule has 0 atom stereocenters. The second-order valence-corrected chi connectivity index (χ2v) is 10.3. The van der Waals surface area contributed by atoms with E-state index in [2.05, 4.69) is 9.97 Å². The Bertz CT molecular complexity index is 1470. The average molecular weight is 453 g/mol. The lowest BCUT2D eigenvalue weighted by molar-refractivity contribution is 0.284. The molecule has 3 aromatic heterocycles. The molecule has 9 heteroatoms. The fourth-order valence-electron chi connectivity index (χ4n) is 4.23. The summed E-state index contributed by atoms with van der Waals surface area (Å²) in [5.74, 6) is 0. The second kappa shape index (κ2) is 8.14. The number of aliphatic hydroxyl groups is 1. The van der Waals surface area contributed by atoms with Crippen molar-refractivity contribution in [1.29, 1.82) is 0 Å². The monoisotopic (exact) mass is 452 g/mol. The van der Waals surface area contributed by atoms with Gasteiger partial charge < -0.3 is 5.11 Å². The van der Waals surface area contributed by atoms with Crippen molar-refractivity contribution in [2.75, 3.05) is 6.61 Å². The lowest BCUT2D eigenvalue weighted by atomic mass is 9.99. The van der Waals surface area contributed by atoms with E-state index < -0.39 is 21.0 Å². The minimum atomic E-state index is -3.75. The van der Waals surface area contributed by atoms with E-state index in [9.17, 15) is 18.3 Å². The maximum Gasteiger partial charge on any atom is 0.343 e. The summed E-state index contributed by atoms with van der Waals surface area (Å²) in [4.78, 5) is 22.1. The Labute approximate surface area is 185 Å². The Morgan fingerprint density at radius 3 is 2.66 bits per heavy atom. The highest BCUT2D eigenvalue weighted by molar-refractivity contribution is 7.91. The number of hydrogen-bond acceptors (Lipinski definition) is 6. The summed E-state index contributed by atoms with van der Waals surface area (Å²) >= 11 is 0. The first-order valence-electron chi connectivity index (χ1n) is 10.8. The molecule has 1 saturated carbocycles. The molecule has 0 aliphatic heterocycles. The van der Waals surface area contributed by atoms with Crippen LogP contribution < -0.4 is 5.69 Å². The van der Waals surface area contributed by atoms with Gasteiger partial charge >= 0.3 is 5.69 Å². The first kappa shape index (κ1) is 20.8. The van der Waals surface area contributed by atoms with Crippen molar-refractivity contribution < 1.29 is 13.5 Å². The van der Waals surface area contributed by atoms with E-state index >= 15 is 0 Å². The maximum atomic E-state index is 13.4. The minimum absolute atomic E-state index is 0.116. The van der Waals surface area contributed by atoms with E-state index in [1.807, 2.05) is 24.3 Å². The third-order valence-corrected chi connectivity index (χ3v) is 8.20. The van der Waals surface area contributed by atoms with E-state index in [4.69, 9.17) is 0 Å². The summed E-state index contributed by atoms with van der Waals surface area (Å²) in [6, 6.07) is 9.51. The fraction of sp³-hybridized carbons (Fsp3) is 0.348. The highest BCUT2D eigenvalue weighted by Crippen LogP contribution is 2.31. The molecular weight excluding hydrogens is 428 g/mol. The van der Waals surface area contributed by atoms with Crippen molar-refractivity contribution in [3.8, 4) is 0 Å². The third-order valence-electron chi connectivity index (χ3n) is 6.03. The summed E-state index contributed by atoms with van der Waals surface area (Å²) < 4.78 is 28.4. The molecule has 4 aromatic rings. The van der Waals surface area contributed by atoms with Crippen LogP contribution in [0, 0.1) is 0 Å². The zero-order chi connectivity index (χ0) is 22.3. The number of aryl methyl sites for hydroxylation is 1. The number of pyridine rings is 2. The number of nitrogens with zero attached hydrogens (tertiary/aromatic N) is 4. The van der Waals surface area contributed by atoms with Crippen LogP contribution in [-0.4, -0.2) is 43.9 Å². The van der Waals surface area contributed by atoms with Crippen LogP contribution in [0.2, 0.25) is 0 Å². The van der Waals surface area contributed by atoms with Gasteiger partial charge in [-0.25, -0.2) is 13.2 Å². The molecule has 3 heterocycles. The maximum absolute atomic E-state index is 13.4. The van der Waals surface area contributed by atoms with E-state index in [1.54, 1.807) is 12.3 Å². The first-order chi connectivity index (χ1) is 15.5. The Morgan fingerprint density at radius 2 is 1.88 bits per heavy atom. The molecule has 1 fully saturated rings. The van der Waals surface area contributed by atoms with Gasteiger partial charge in [-0.1, -0.05) is 24.3 Å². The molecule has 0 amide bonds. The van der Waals surface area contributed by atoms with Gasteiger partial charge in [-0.05, 0) is 49.1 Å². The zero-order valence-electron chi connectivity index (χ0n) is 17.5. The molecule has 1 N–H and O–H groups in total. The normalized spacial score (nSPS) is 14.4. The number of unbranched alkanes of at least 4 members (excludes halogenated alkanes) is 1. The zero-order valence-corrected chi connectivity index (χ0v) is 18.3. The van der Waals surface area contributed by atoms with Gasteiger partial charge in [0, 0.05) is 24.4 Å². The fourth-order valence-corrected chi connectivity index (χ4v) is 6.01. The minimum Gasteiger partial charge on any atom is -0.396 e. The smallest absolute Gasteiger partial charge is 0.343 e. The summed E-state index contributed by atoms with van der Waals surface area (Å²) in [6.07, 6.45) is 8.13. The second-order valence-electron chi connectivity index (χ2n) is 8.19. The van der Waals surface area contributed by atoms with E-state index in [0.717, 1.165) is 32.4 Å². The molecule has 0 radical (unpaired) electrons. The SMILES string of the molecule is O=c1n(Cc2ncc3ccccc3c2CCCCO)c2cnccc2n1S(=O)(=O)C1CC1. The lowest BCUT2D eigenvalue weighted by Crippen LogP contribution is -2.32. The molecule has 0 bridgehead atoms. The molecular formula is C23H24N4O4S. The van der Waals surface area contributed by atoms with Gasteiger partial charge in [-0.15, -0.1) is 0 Å². The predicted molar refractivity (Wildman–Crippen MR) is 122 cm³/mol. The van der Waals surface area contributed by atoms with E-state index in [0.29, 0.717) is 36.7 Å². The number of benzene rings is 1. The number of imidazole rings is 1. The van der Waals surface area contributed by atoms with Crippen LogP contribution in [0.3, 0.4) is 0 Å². The Morgan fingerprint density at radius 1 is 1.06 bits per heavy atom. The summed E-state index contributed by atoms with van der Waals surface area (Å²) in [5.41, 5.74) is 1.96. The van der Waals surface area contributed by atoms with Crippen LogP contribution in [0.15, 0.2) is 53.7 Å². The summed E-state index contributed by atoms with van der Waals surface area (Å²) in [7, 11) is -3.75. The van der Waals surface area contributed by atoms with Crippen LogP contribution in [0.4, 0.5) is 0 Å². The van der Waals surface area contributed by atoms with Gasteiger partial charge in [-0.3, -0.25) is 14.5 Å². The molecule has 0 saturated heterocycles. The molecule has 166 valence electrons. The Hall–Kier alpha value is -3.04. The van der Waals surface area contributed by atoms with Crippen molar-refractivity contribution in [3.63, 3.8) is 0 Å². The van der Waals surface area contributed by atoms with Crippen molar-refractivity contribution in [3.05, 3.63) is 70.7 Å². The van der Waals surface area contributed by atoms with E-state index in [1.165, 1.54) is 17.0 Å². The van der Waals surface area contributed by atoms with Gasteiger partial charge in [0.2, 0.25) is 10.0 Å². The number of rotatable bonds is 8. The lowest BCUT2D eigenvalue weighted by Gasteiger charge is -2.13. The van der Waals surface area contributed by atoms with Crippen LogP contribution in [0.5, 0.6) is 0 Å². The van der Waals surface area contributed by atoms with Crippen LogP contribution in [0.1, 0.15) is 36.9 Å². The molecule has 0 spiro atoms. The van der Waals surface area contributed by atoms with Crippen molar-refractivity contribution >= 4 is 31.8 Å². The topological polar surface area (TPSA) is 107 Å². The van der Waals surface area contributed by atoms with E-state index in [-0.39, 0.29) is 13.2 Å². The molecule has 1 aliphatic carbocycles. The van der Waals surface area contributed by atoms with Crippen LogP contribution >= 0.6 is 0 Å². The Balaban J connectivity index is 1.66. The summed E-state index contributed by atoms with van der Waals surface area (Å²) in [5, 5.41) is 10.8. The van der Waals surface area contributed by atoms with Gasteiger partial charge in [0.25, 0.3) is 0 Å². The quantitative estimate of drug-likeness (QED) is 0.412. The predicted octanol–water partition coefficient (Wildman–Crippen LogP) is 2.45. The van der Waals surface area contributed by atoms with Gasteiger partial charge in [-0.2, -0.15) is 3.97 Å². The number of aromatic nitrogens is 4. The van der Waals surface area contributed by atoms with Crippen LogP contribution in [-0.2, 0) is 23.0 Å². The third kappa shape index (κ3) is 3.51. The van der Waals surface area contributed by atoms with Gasteiger partial charge in [0.05, 0.1) is 34.7 Å². The molecule has 1 aromatic carbocycles. The highest BCUT2D eigenvalue weighted by Gasteiger charge is 2.39. The van der Waals surface area contributed by atoms with Crippen molar-refractivity contribution in [2.45, 2.75) is 43.9 Å². The molecule has 1 aliphatic rings. The van der Waals surface area contributed by atoms with Gasteiger partial charge in [0.1, 0.15) is 0 Å². The highest BCUT2D eigenvalue weighted by atomic mass is 32.2. The van der Waals surface area contributed by atoms with Gasteiger partial charge in [0.15, 0.2) is 0 Å². The van der Waals surface area contributed by atoms with Crippen LogP contribution in [0.25, 0.3) is 21.8 Å². The average Bonchev–Trinajstić information content (AvgIpc) is 3.61. The molecule has 8 nitrogen and oxygen atoms in total.